The molecule has 6 nitrogen and oxygen atoms in total. The van der Waals surface area contributed by atoms with Crippen LogP contribution in [0.3, 0.4) is 0 Å². The molecule has 30 heavy (non-hydrogen) atoms. The van der Waals surface area contributed by atoms with E-state index in [0.29, 0.717) is 29.6 Å². The molecule has 1 aromatic heterocycles. The highest BCUT2D eigenvalue weighted by atomic mass is 16.5. The van der Waals surface area contributed by atoms with E-state index in [4.69, 9.17) is 24.2 Å². The third kappa shape index (κ3) is 3.85. The van der Waals surface area contributed by atoms with E-state index in [2.05, 4.69) is 5.32 Å². The van der Waals surface area contributed by atoms with Gasteiger partial charge in [0.05, 0.1) is 32.4 Å². The van der Waals surface area contributed by atoms with Crippen LogP contribution >= 0.6 is 0 Å². The molecule has 3 aromatic carbocycles. The van der Waals surface area contributed by atoms with Crippen molar-refractivity contribution in [3.8, 4) is 28.6 Å². The molecule has 0 bridgehead atoms. The molecule has 0 aliphatic heterocycles. The minimum atomic E-state index is 0.464. The lowest BCUT2D eigenvalue weighted by Crippen LogP contribution is -2.07. The molecule has 0 spiro atoms. The Hall–Kier alpha value is -3.80. The summed E-state index contributed by atoms with van der Waals surface area (Å²) in [6.07, 6.45) is 0. The van der Waals surface area contributed by atoms with Gasteiger partial charge in [-0.15, -0.1) is 0 Å². The average Bonchev–Trinajstić information content (AvgIpc) is 2.82. The van der Waals surface area contributed by atoms with Crippen LogP contribution in [0.4, 0.5) is 5.82 Å². The van der Waals surface area contributed by atoms with Gasteiger partial charge in [0, 0.05) is 29.6 Å². The number of hydrogen-bond donors (Lipinski definition) is 1. The maximum Gasteiger partial charge on any atom is 0.162 e. The average molecular weight is 401 g/mol. The number of benzene rings is 3. The summed E-state index contributed by atoms with van der Waals surface area (Å²) in [6, 6.07) is 21.6. The molecule has 0 fully saturated rings. The van der Waals surface area contributed by atoms with Crippen molar-refractivity contribution < 1.29 is 14.2 Å². The summed E-state index contributed by atoms with van der Waals surface area (Å²) in [5.41, 5.74) is 2.72. The van der Waals surface area contributed by atoms with Crippen LogP contribution in [0.1, 0.15) is 5.56 Å². The Morgan fingerprint density at radius 2 is 1.43 bits per heavy atom. The van der Waals surface area contributed by atoms with Gasteiger partial charge >= 0.3 is 0 Å². The molecule has 6 heteroatoms. The fraction of sp³-hybridized carbons (Fsp3) is 0.167. The first-order valence-electron chi connectivity index (χ1n) is 9.58. The van der Waals surface area contributed by atoms with Gasteiger partial charge in [-0.25, -0.2) is 9.97 Å². The quantitative estimate of drug-likeness (QED) is 0.473. The molecule has 1 N–H and O–H groups in total. The van der Waals surface area contributed by atoms with Crippen LogP contribution in [0.2, 0.25) is 0 Å². The number of ether oxygens (including phenoxy) is 3. The second kappa shape index (κ2) is 8.69. The highest BCUT2D eigenvalue weighted by Crippen LogP contribution is 2.35. The van der Waals surface area contributed by atoms with E-state index in [1.54, 1.807) is 21.3 Å². The van der Waals surface area contributed by atoms with Gasteiger partial charge < -0.3 is 19.5 Å². The number of fused-ring (bicyclic) bond motifs is 1. The van der Waals surface area contributed by atoms with Crippen molar-refractivity contribution in [3.05, 3.63) is 72.3 Å². The molecule has 0 aliphatic carbocycles. The zero-order valence-corrected chi connectivity index (χ0v) is 17.2. The number of nitrogens with one attached hydrogen (secondary N) is 1. The van der Waals surface area contributed by atoms with Crippen LogP contribution in [-0.2, 0) is 6.54 Å². The van der Waals surface area contributed by atoms with Gasteiger partial charge in [-0.3, -0.25) is 0 Å². The van der Waals surface area contributed by atoms with Gasteiger partial charge in [0.15, 0.2) is 5.82 Å². The molecule has 0 saturated heterocycles. The van der Waals surface area contributed by atoms with E-state index in [1.165, 1.54) is 0 Å². The second-order valence-electron chi connectivity index (χ2n) is 6.64. The predicted octanol–water partition coefficient (Wildman–Crippen LogP) is 4.93. The summed E-state index contributed by atoms with van der Waals surface area (Å²) in [5, 5.41) is 4.40. The summed E-state index contributed by atoms with van der Waals surface area (Å²) in [6.45, 7) is 0.464. The Morgan fingerprint density at radius 1 is 0.767 bits per heavy atom. The van der Waals surface area contributed by atoms with Crippen LogP contribution < -0.4 is 19.5 Å². The number of anilines is 1. The van der Waals surface area contributed by atoms with Crippen molar-refractivity contribution in [2.24, 2.45) is 0 Å². The molecule has 4 aromatic rings. The third-order valence-electron chi connectivity index (χ3n) is 4.88. The minimum absolute atomic E-state index is 0.464. The summed E-state index contributed by atoms with van der Waals surface area (Å²) < 4.78 is 16.5. The van der Waals surface area contributed by atoms with E-state index >= 15 is 0 Å². The molecule has 0 atom stereocenters. The van der Waals surface area contributed by atoms with Gasteiger partial charge in [-0.05, 0) is 12.1 Å². The van der Waals surface area contributed by atoms with Crippen LogP contribution in [0, 0.1) is 0 Å². The summed E-state index contributed by atoms with van der Waals surface area (Å²) >= 11 is 0. The van der Waals surface area contributed by atoms with Gasteiger partial charge in [0.2, 0.25) is 0 Å². The van der Waals surface area contributed by atoms with Crippen molar-refractivity contribution in [2.45, 2.75) is 6.54 Å². The number of nitrogens with zero attached hydrogens (tertiary/aromatic N) is 2. The molecule has 0 saturated carbocycles. The first-order valence-corrected chi connectivity index (χ1v) is 9.58. The van der Waals surface area contributed by atoms with E-state index in [0.717, 1.165) is 27.8 Å². The van der Waals surface area contributed by atoms with E-state index in [9.17, 15) is 0 Å². The predicted molar refractivity (Wildman–Crippen MR) is 118 cm³/mol. The fourth-order valence-corrected chi connectivity index (χ4v) is 3.35. The highest BCUT2D eigenvalue weighted by Gasteiger charge is 2.15. The molecule has 0 aliphatic rings. The minimum Gasteiger partial charge on any atom is -0.496 e. The van der Waals surface area contributed by atoms with Gasteiger partial charge in [0.25, 0.3) is 0 Å². The molecule has 0 radical (unpaired) electrons. The Kier molecular flexibility index (Phi) is 5.66. The van der Waals surface area contributed by atoms with E-state index in [1.807, 2.05) is 66.7 Å². The lowest BCUT2D eigenvalue weighted by atomic mass is 10.1. The fourth-order valence-electron chi connectivity index (χ4n) is 3.35. The van der Waals surface area contributed by atoms with Crippen LogP contribution in [0.5, 0.6) is 17.2 Å². The second-order valence-corrected chi connectivity index (χ2v) is 6.64. The standard InChI is InChI=1S/C24H23N3O3/c1-28-17-13-21(29-2)19(22(14-17)30-3)15-25-24-18-11-7-8-12-20(18)26-23(27-24)16-9-5-4-6-10-16/h4-14H,15H2,1-3H3,(H,25,26,27). The van der Waals surface area contributed by atoms with E-state index < -0.39 is 0 Å². The number of methoxy groups -OCH3 is 3. The zero-order valence-electron chi connectivity index (χ0n) is 17.2. The first-order chi connectivity index (χ1) is 14.7. The molecule has 4 rings (SSSR count). The highest BCUT2D eigenvalue weighted by molar-refractivity contribution is 5.90. The number of aromatic nitrogens is 2. The normalized spacial score (nSPS) is 10.6. The monoisotopic (exact) mass is 401 g/mol. The molecule has 152 valence electrons. The maximum absolute atomic E-state index is 5.57. The lowest BCUT2D eigenvalue weighted by Gasteiger charge is -2.17. The number of para-hydroxylation sites is 1. The Morgan fingerprint density at radius 3 is 2.10 bits per heavy atom. The third-order valence-corrected chi connectivity index (χ3v) is 4.88. The molecule has 0 unspecified atom stereocenters. The largest absolute Gasteiger partial charge is 0.496 e. The van der Waals surface area contributed by atoms with Crippen molar-refractivity contribution >= 4 is 16.7 Å². The molecule has 0 amide bonds. The van der Waals surface area contributed by atoms with Crippen molar-refractivity contribution in [3.63, 3.8) is 0 Å². The molecular formula is C24H23N3O3. The van der Waals surface area contributed by atoms with Crippen molar-refractivity contribution in [1.29, 1.82) is 0 Å². The smallest absolute Gasteiger partial charge is 0.162 e. The van der Waals surface area contributed by atoms with Crippen LogP contribution in [0.25, 0.3) is 22.3 Å². The summed E-state index contributed by atoms with van der Waals surface area (Å²) in [4.78, 5) is 9.54. The number of rotatable bonds is 7. The summed E-state index contributed by atoms with van der Waals surface area (Å²) in [7, 11) is 4.88. The first kappa shape index (κ1) is 19.5. The van der Waals surface area contributed by atoms with Crippen molar-refractivity contribution in [1.82, 2.24) is 9.97 Å². The molecular weight excluding hydrogens is 378 g/mol. The van der Waals surface area contributed by atoms with Crippen LogP contribution in [-0.4, -0.2) is 31.3 Å². The Balaban J connectivity index is 1.74. The van der Waals surface area contributed by atoms with Gasteiger partial charge in [-0.2, -0.15) is 0 Å². The van der Waals surface area contributed by atoms with Gasteiger partial charge in [0.1, 0.15) is 23.1 Å². The van der Waals surface area contributed by atoms with Gasteiger partial charge in [-0.1, -0.05) is 42.5 Å². The van der Waals surface area contributed by atoms with Crippen LogP contribution in [0.15, 0.2) is 66.7 Å². The lowest BCUT2D eigenvalue weighted by molar-refractivity contribution is 0.369. The summed E-state index contributed by atoms with van der Waals surface area (Å²) in [5.74, 6) is 3.46. The Bertz CT molecular complexity index is 1140. The molecule has 1 heterocycles. The topological polar surface area (TPSA) is 65.5 Å². The Labute approximate surface area is 175 Å². The number of hydrogen-bond acceptors (Lipinski definition) is 6. The zero-order chi connectivity index (χ0) is 20.9. The maximum atomic E-state index is 5.57. The van der Waals surface area contributed by atoms with Crippen molar-refractivity contribution in [2.75, 3.05) is 26.6 Å². The SMILES string of the molecule is COc1cc(OC)c(CNc2nc(-c3ccccc3)nc3ccccc23)c(OC)c1. The van der Waals surface area contributed by atoms with E-state index in [-0.39, 0.29) is 0 Å².